The molecule has 0 saturated heterocycles. The highest BCUT2D eigenvalue weighted by molar-refractivity contribution is 7.99. The van der Waals surface area contributed by atoms with Crippen molar-refractivity contribution in [3.8, 4) is 0 Å². The molecule has 0 bridgehead atoms. The van der Waals surface area contributed by atoms with Gasteiger partial charge in [0, 0.05) is 6.04 Å². The number of rotatable bonds is 5. The van der Waals surface area contributed by atoms with Crippen LogP contribution in [0.2, 0.25) is 0 Å². The molecule has 0 spiro atoms. The van der Waals surface area contributed by atoms with Crippen molar-refractivity contribution in [1.29, 1.82) is 0 Å². The molecule has 0 aliphatic heterocycles. The van der Waals surface area contributed by atoms with Gasteiger partial charge < -0.3 is 5.32 Å². The Balaban J connectivity index is 2.54. The van der Waals surface area contributed by atoms with E-state index in [0.717, 1.165) is 0 Å². The Hall–Kier alpha value is -1.11. The maximum Gasteiger partial charge on any atom is 0.230 e. The van der Waals surface area contributed by atoms with E-state index < -0.39 is 0 Å². The van der Waals surface area contributed by atoms with Gasteiger partial charge in [0.2, 0.25) is 11.1 Å². The fourth-order valence-corrected chi connectivity index (χ4v) is 2.15. The summed E-state index contributed by atoms with van der Waals surface area (Å²) in [6, 6.07) is 0.173. The van der Waals surface area contributed by atoms with Crippen LogP contribution in [0.5, 0.6) is 0 Å². The summed E-state index contributed by atoms with van der Waals surface area (Å²) in [4.78, 5) is 11.8. The van der Waals surface area contributed by atoms with E-state index >= 15 is 0 Å². The fourth-order valence-electron chi connectivity index (χ4n) is 1.28. The SMILES string of the molecule is CC(C)C(C)NC(=O)CSc1nnnn1C(C)(C)C. The van der Waals surface area contributed by atoms with E-state index in [1.165, 1.54) is 11.8 Å². The van der Waals surface area contributed by atoms with E-state index in [9.17, 15) is 4.79 Å². The summed E-state index contributed by atoms with van der Waals surface area (Å²) < 4.78 is 1.73. The van der Waals surface area contributed by atoms with E-state index in [4.69, 9.17) is 0 Å². The Morgan fingerprint density at radius 2 is 2.00 bits per heavy atom. The number of aromatic nitrogens is 4. The predicted molar refractivity (Wildman–Crippen MR) is 76.0 cm³/mol. The molecule has 1 amide bonds. The molecule has 0 saturated carbocycles. The van der Waals surface area contributed by atoms with Crippen molar-refractivity contribution in [1.82, 2.24) is 25.5 Å². The highest BCUT2D eigenvalue weighted by atomic mass is 32.2. The number of hydrogen-bond acceptors (Lipinski definition) is 5. The van der Waals surface area contributed by atoms with Gasteiger partial charge in [0.05, 0.1) is 11.3 Å². The molecule has 0 aliphatic carbocycles. The number of carbonyl (C=O) groups excluding carboxylic acids is 1. The van der Waals surface area contributed by atoms with Crippen molar-refractivity contribution in [3.63, 3.8) is 0 Å². The highest BCUT2D eigenvalue weighted by Crippen LogP contribution is 2.21. The lowest BCUT2D eigenvalue weighted by Crippen LogP contribution is -2.37. The van der Waals surface area contributed by atoms with Crippen LogP contribution in [0.4, 0.5) is 0 Å². The number of thioether (sulfide) groups is 1. The molecule has 1 rings (SSSR count). The molecule has 1 atom stereocenters. The van der Waals surface area contributed by atoms with Crippen molar-refractivity contribution < 1.29 is 4.79 Å². The normalized spacial score (nSPS) is 13.6. The van der Waals surface area contributed by atoms with Gasteiger partial charge in [-0.1, -0.05) is 25.6 Å². The minimum Gasteiger partial charge on any atom is -0.353 e. The molecule has 0 radical (unpaired) electrons. The molecule has 7 heteroatoms. The van der Waals surface area contributed by atoms with Crippen molar-refractivity contribution in [2.45, 2.75) is 58.3 Å². The van der Waals surface area contributed by atoms with Crippen molar-refractivity contribution in [2.75, 3.05) is 5.75 Å². The summed E-state index contributed by atoms with van der Waals surface area (Å²) in [5.41, 5.74) is -0.187. The largest absolute Gasteiger partial charge is 0.353 e. The van der Waals surface area contributed by atoms with Crippen LogP contribution >= 0.6 is 11.8 Å². The smallest absolute Gasteiger partial charge is 0.230 e. The van der Waals surface area contributed by atoms with Crippen LogP contribution in [-0.4, -0.2) is 37.9 Å². The second kappa shape index (κ2) is 6.36. The molecule has 6 nitrogen and oxygen atoms in total. The molecule has 19 heavy (non-hydrogen) atoms. The van der Waals surface area contributed by atoms with Gasteiger partial charge in [-0.15, -0.1) is 5.10 Å². The molecule has 0 aliphatic rings. The van der Waals surface area contributed by atoms with Crippen LogP contribution in [0.1, 0.15) is 41.5 Å². The molecule has 0 fully saturated rings. The van der Waals surface area contributed by atoms with Crippen molar-refractivity contribution >= 4 is 17.7 Å². The van der Waals surface area contributed by atoms with Crippen LogP contribution in [0.25, 0.3) is 0 Å². The summed E-state index contributed by atoms with van der Waals surface area (Å²) in [6.07, 6.45) is 0. The first kappa shape index (κ1) is 15.9. The Labute approximate surface area is 118 Å². The van der Waals surface area contributed by atoms with E-state index in [0.29, 0.717) is 16.8 Å². The average Bonchev–Trinajstić information content (AvgIpc) is 2.73. The average molecular weight is 285 g/mol. The van der Waals surface area contributed by atoms with Gasteiger partial charge >= 0.3 is 0 Å². The van der Waals surface area contributed by atoms with Crippen LogP contribution in [0, 0.1) is 5.92 Å². The Kier molecular flexibility index (Phi) is 5.34. The quantitative estimate of drug-likeness (QED) is 0.833. The summed E-state index contributed by atoms with van der Waals surface area (Å²) in [6.45, 7) is 12.2. The number of carbonyl (C=O) groups is 1. The number of nitrogens with one attached hydrogen (secondary N) is 1. The minimum atomic E-state index is -0.187. The predicted octanol–water partition coefficient (Wildman–Crippen LogP) is 1.68. The lowest BCUT2D eigenvalue weighted by Gasteiger charge is -2.20. The second-order valence-corrected chi connectivity index (χ2v) is 6.88. The third-order valence-electron chi connectivity index (χ3n) is 2.80. The molecular formula is C12H23N5OS. The third kappa shape index (κ3) is 4.81. The number of tetrazole rings is 1. The first-order valence-corrected chi connectivity index (χ1v) is 7.41. The van der Waals surface area contributed by atoms with Gasteiger partial charge in [0.25, 0.3) is 0 Å². The van der Waals surface area contributed by atoms with Crippen molar-refractivity contribution in [3.05, 3.63) is 0 Å². The summed E-state index contributed by atoms with van der Waals surface area (Å²) in [7, 11) is 0. The summed E-state index contributed by atoms with van der Waals surface area (Å²) in [5, 5.41) is 15.2. The molecule has 1 aromatic heterocycles. The minimum absolute atomic E-state index is 0.00894. The van der Waals surface area contributed by atoms with E-state index in [1.807, 2.05) is 27.7 Å². The lowest BCUT2D eigenvalue weighted by molar-refractivity contribution is -0.119. The summed E-state index contributed by atoms with van der Waals surface area (Å²) in [5.74, 6) is 0.761. The zero-order valence-corrected chi connectivity index (χ0v) is 13.3. The molecule has 1 aromatic rings. The second-order valence-electron chi connectivity index (χ2n) is 5.93. The fraction of sp³-hybridized carbons (Fsp3) is 0.833. The molecule has 1 unspecified atom stereocenters. The third-order valence-corrected chi connectivity index (χ3v) is 3.72. The standard InChI is InChI=1S/C12H23N5OS/c1-8(2)9(3)13-10(18)7-19-11-14-15-16-17(11)12(4,5)6/h8-9H,7H2,1-6H3,(H,13,18). The Morgan fingerprint density at radius 3 is 2.53 bits per heavy atom. The Bertz CT molecular complexity index is 424. The van der Waals surface area contributed by atoms with Gasteiger partial charge in [-0.3, -0.25) is 4.79 Å². The molecule has 108 valence electrons. The van der Waals surface area contributed by atoms with Gasteiger partial charge in [-0.25, -0.2) is 4.68 Å². The van der Waals surface area contributed by atoms with E-state index in [1.54, 1.807) is 4.68 Å². The van der Waals surface area contributed by atoms with E-state index in [2.05, 4.69) is 34.7 Å². The zero-order valence-electron chi connectivity index (χ0n) is 12.5. The number of amides is 1. The molecule has 0 aromatic carbocycles. The first-order chi connectivity index (χ1) is 8.71. The van der Waals surface area contributed by atoms with Gasteiger partial charge in [-0.05, 0) is 44.0 Å². The van der Waals surface area contributed by atoms with Crippen LogP contribution in [0.15, 0.2) is 5.16 Å². The van der Waals surface area contributed by atoms with E-state index in [-0.39, 0.29) is 17.5 Å². The highest BCUT2D eigenvalue weighted by Gasteiger charge is 2.21. The Morgan fingerprint density at radius 1 is 1.37 bits per heavy atom. The van der Waals surface area contributed by atoms with Crippen LogP contribution < -0.4 is 5.32 Å². The first-order valence-electron chi connectivity index (χ1n) is 6.43. The van der Waals surface area contributed by atoms with Gasteiger partial charge in [0.1, 0.15) is 0 Å². The lowest BCUT2D eigenvalue weighted by atomic mass is 10.1. The van der Waals surface area contributed by atoms with Crippen LogP contribution in [-0.2, 0) is 10.3 Å². The van der Waals surface area contributed by atoms with Gasteiger partial charge in [-0.2, -0.15) is 0 Å². The van der Waals surface area contributed by atoms with Gasteiger partial charge in [0.15, 0.2) is 0 Å². The molecule has 1 heterocycles. The monoisotopic (exact) mass is 285 g/mol. The van der Waals surface area contributed by atoms with Crippen LogP contribution in [0.3, 0.4) is 0 Å². The number of nitrogens with zero attached hydrogens (tertiary/aromatic N) is 4. The zero-order chi connectivity index (χ0) is 14.6. The summed E-state index contributed by atoms with van der Waals surface area (Å²) >= 11 is 1.36. The number of hydrogen-bond donors (Lipinski definition) is 1. The van der Waals surface area contributed by atoms with Crippen molar-refractivity contribution in [2.24, 2.45) is 5.92 Å². The molecule has 1 N–H and O–H groups in total. The maximum atomic E-state index is 11.8. The molecular weight excluding hydrogens is 262 g/mol. The topological polar surface area (TPSA) is 72.7 Å². The maximum absolute atomic E-state index is 11.8.